The fraction of sp³-hybridized carbons (Fsp3) is 0.318. The van der Waals surface area contributed by atoms with E-state index in [9.17, 15) is 9.18 Å². The second-order valence-electron chi connectivity index (χ2n) is 7.57. The van der Waals surface area contributed by atoms with Gasteiger partial charge in [-0.1, -0.05) is 24.3 Å². The van der Waals surface area contributed by atoms with Gasteiger partial charge in [-0.25, -0.2) is 4.39 Å². The van der Waals surface area contributed by atoms with Crippen molar-refractivity contribution in [3.8, 4) is 11.1 Å². The van der Waals surface area contributed by atoms with Crippen LogP contribution in [-0.2, 0) is 4.79 Å². The first-order valence-electron chi connectivity index (χ1n) is 9.85. The number of nitrogens with one attached hydrogen (secondary N) is 1. The van der Waals surface area contributed by atoms with Gasteiger partial charge < -0.3 is 15.3 Å². The Balaban J connectivity index is 0.000000687. The van der Waals surface area contributed by atoms with Crippen LogP contribution in [0.2, 0.25) is 0 Å². The van der Waals surface area contributed by atoms with Gasteiger partial charge >= 0.3 is 0 Å². The summed E-state index contributed by atoms with van der Waals surface area (Å²) in [5, 5.41) is 11.0. The van der Waals surface area contributed by atoms with Crippen molar-refractivity contribution in [2.24, 2.45) is 5.92 Å². The van der Waals surface area contributed by atoms with Crippen molar-refractivity contribution >= 4 is 34.0 Å². The van der Waals surface area contributed by atoms with Crippen LogP contribution in [-0.4, -0.2) is 52.4 Å². The van der Waals surface area contributed by atoms with Crippen LogP contribution in [0.1, 0.15) is 23.3 Å². The highest BCUT2D eigenvalue weighted by atomic mass is 32.1. The average molecular weight is 428 g/mol. The van der Waals surface area contributed by atoms with Gasteiger partial charge in [-0.15, -0.1) is 0 Å². The summed E-state index contributed by atoms with van der Waals surface area (Å²) in [6.07, 6.45) is 2.34. The van der Waals surface area contributed by atoms with Crippen LogP contribution >= 0.6 is 11.5 Å². The molecule has 3 fully saturated rings. The predicted molar refractivity (Wildman–Crippen MR) is 114 cm³/mol. The third-order valence-corrected chi connectivity index (χ3v) is 6.65. The molecule has 8 heteroatoms. The fourth-order valence-electron chi connectivity index (χ4n) is 4.29. The molecule has 1 amide bonds. The minimum absolute atomic E-state index is 0.0745. The lowest BCUT2D eigenvalue weighted by Crippen LogP contribution is -2.57. The summed E-state index contributed by atoms with van der Waals surface area (Å²) in [5.74, 6) is 0.271. The first-order valence-corrected chi connectivity index (χ1v) is 10.6. The first kappa shape index (κ1) is 20.4. The van der Waals surface area contributed by atoms with E-state index in [1.54, 1.807) is 12.1 Å². The van der Waals surface area contributed by atoms with Gasteiger partial charge in [-0.05, 0) is 72.7 Å². The molecule has 0 saturated carbocycles. The van der Waals surface area contributed by atoms with Gasteiger partial charge in [-0.2, -0.15) is 4.37 Å². The molecule has 2 N–H and O–H groups in total. The number of halogens is 1. The van der Waals surface area contributed by atoms with Gasteiger partial charge in [0, 0.05) is 18.0 Å². The van der Waals surface area contributed by atoms with Crippen molar-refractivity contribution < 1.29 is 19.1 Å². The van der Waals surface area contributed by atoms with Crippen molar-refractivity contribution in [1.29, 1.82) is 0 Å². The van der Waals surface area contributed by atoms with E-state index in [2.05, 4.69) is 14.6 Å². The van der Waals surface area contributed by atoms with Crippen LogP contribution in [0.25, 0.3) is 21.2 Å². The highest BCUT2D eigenvalue weighted by Gasteiger charge is 2.35. The number of carbonyl (C=O) groups is 2. The Morgan fingerprint density at radius 3 is 2.47 bits per heavy atom. The molecule has 4 heterocycles. The zero-order valence-electron chi connectivity index (χ0n) is 16.3. The molecular formula is C22H22FN3O3S. The molecular weight excluding hydrogens is 405 g/mol. The number of hydrogen-bond donors (Lipinski definition) is 2. The quantitative estimate of drug-likeness (QED) is 0.624. The van der Waals surface area contributed by atoms with Crippen molar-refractivity contribution in [1.82, 2.24) is 14.6 Å². The monoisotopic (exact) mass is 427 g/mol. The molecule has 0 aliphatic carbocycles. The second-order valence-corrected chi connectivity index (χ2v) is 8.38. The Kier molecular flexibility index (Phi) is 6.06. The largest absolute Gasteiger partial charge is 0.483 e. The van der Waals surface area contributed by atoms with E-state index in [0.717, 1.165) is 40.8 Å². The van der Waals surface area contributed by atoms with E-state index < -0.39 is 0 Å². The van der Waals surface area contributed by atoms with Crippen LogP contribution in [0.15, 0.2) is 42.5 Å². The third kappa shape index (κ3) is 4.20. The number of piperidine rings is 3. The van der Waals surface area contributed by atoms with E-state index in [-0.39, 0.29) is 24.2 Å². The molecule has 0 spiro atoms. The number of nitrogens with zero attached hydrogens (tertiary/aromatic N) is 2. The number of carboxylic acid groups (broad SMARTS) is 1. The van der Waals surface area contributed by atoms with Crippen molar-refractivity contribution in [3.63, 3.8) is 0 Å². The Labute approximate surface area is 177 Å². The Hall–Kier alpha value is -2.84. The number of hydrogen-bond acceptors (Lipinski definition) is 5. The van der Waals surface area contributed by atoms with Gasteiger partial charge in [0.15, 0.2) is 0 Å². The van der Waals surface area contributed by atoms with Gasteiger partial charge in [0.1, 0.15) is 11.5 Å². The van der Waals surface area contributed by atoms with E-state index in [0.29, 0.717) is 11.6 Å². The minimum atomic E-state index is -0.250. The van der Waals surface area contributed by atoms with Crippen LogP contribution in [0.4, 0.5) is 4.39 Å². The summed E-state index contributed by atoms with van der Waals surface area (Å²) in [6.45, 7) is 3.01. The summed E-state index contributed by atoms with van der Waals surface area (Å²) in [6, 6.07) is 12.6. The Morgan fingerprint density at radius 1 is 1.17 bits per heavy atom. The lowest BCUT2D eigenvalue weighted by Gasteiger charge is -2.44. The number of amides is 1. The van der Waals surface area contributed by atoms with Crippen molar-refractivity contribution in [3.05, 3.63) is 54.0 Å². The number of fused-ring (bicyclic) bond motifs is 4. The number of benzene rings is 2. The topological polar surface area (TPSA) is 82.5 Å². The Bertz CT molecular complexity index is 1050. The van der Waals surface area contributed by atoms with Crippen LogP contribution in [0, 0.1) is 11.7 Å². The first-order chi connectivity index (χ1) is 14.6. The van der Waals surface area contributed by atoms with Gasteiger partial charge in [0.25, 0.3) is 12.4 Å². The Morgan fingerprint density at radius 2 is 1.83 bits per heavy atom. The number of rotatable bonds is 3. The summed E-state index contributed by atoms with van der Waals surface area (Å²) < 4.78 is 18.5. The van der Waals surface area contributed by atoms with E-state index in [1.165, 1.54) is 36.5 Å². The average Bonchev–Trinajstić information content (AvgIpc) is 3.19. The minimum Gasteiger partial charge on any atom is -0.483 e. The standard InChI is InChI=1S/C21H20FN3OS.CH2O2/c22-16-4-1-13(2-5-16)15-3-6-17-19(11-15)27-24-20(17)21(26)23-18-12-25-9-7-14(18)8-10-25;2-1-3/h1-6,11,14,18H,7-10,12H2,(H,23,26);1H,(H,2,3)/t18-;/m1./s1. The summed E-state index contributed by atoms with van der Waals surface area (Å²) in [5.41, 5.74) is 2.46. The SMILES string of the molecule is O=C(N[C@@H]1CN2CCC1CC2)c1nsc2cc(-c3ccc(F)cc3)ccc12.O=CO. The zero-order valence-corrected chi connectivity index (χ0v) is 17.1. The van der Waals surface area contributed by atoms with E-state index >= 15 is 0 Å². The molecule has 30 heavy (non-hydrogen) atoms. The normalized spacial score (nSPS) is 22.2. The molecule has 1 atom stereocenters. The van der Waals surface area contributed by atoms with Gasteiger partial charge in [0.05, 0.1) is 4.70 Å². The van der Waals surface area contributed by atoms with E-state index in [4.69, 9.17) is 9.90 Å². The highest BCUT2D eigenvalue weighted by molar-refractivity contribution is 7.13. The van der Waals surface area contributed by atoms with Crippen LogP contribution < -0.4 is 5.32 Å². The molecule has 3 aliphatic heterocycles. The maximum absolute atomic E-state index is 13.1. The summed E-state index contributed by atoms with van der Waals surface area (Å²) in [7, 11) is 0. The summed E-state index contributed by atoms with van der Waals surface area (Å²) >= 11 is 1.34. The maximum atomic E-state index is 13.1. The third-order valence-electron chi connectivity index (χ3n) is 5.84. The van der Waals surface area contributed by atoms with Crippen molar-refractivity contribution in [2.45, 2.75) is 18.9 Å². The van der Waals surface area contributed by atoms with Gasteiger partial charge in [-0.3, -0.25) is 9.59 Å². The molecule has 3 aromatic rings. The lowest BCUT2D eigenvalue weighted by atomic mass is 9.84. The van der Waals surface area contributed by atoms with Crippen LogP contribution in [0.3, 0.4) is 0 Å². The second kappa shape index (κ2) is 8.89. The smallest absolute Gasteiger partial charge is 0.290 e. The molecule has 156 valence electrons. The highest BCUT2D eigenvalue weighted by Crippen LogP contribution is 2.31. The summed E-state index contributed by atoms with van der Waals surface area (Å²) in [4.78, 5) is 23.6. The predicted octanol–water partition coefficient (Wildman–Crippen LogP) is 3.63. The molecule has 2 aromatic carbocycles. The molecule has 3 aliphatic rings. The number of aromatic nitrogens is 1. The lowest BCUT2D eigenvalue weighted by molar-refractivity contribution is -0.122. The van der Waals surface area contributed by atoms with Gasteiger partial charge in [0.2, 0.25) is 0 Å². The molecule has 1 aromatic heterocycles. The van der Waals surface area contributed by atoms with Crippen LogP contribution in [0.5, 0.6) is 0 Å². The van der Waals surface area contributed by atoms with Crippen molar-refractivity contribution in [2.75, 3.05) is 19.6 Å². The molecule has 0 unspecified atom stereocenters. The van der Waals surface area contributed by atoms with E-state index in [1.807, 2.05) is 18.2 Å². The molecule has 6 nitrogen and oxygen atoms in total. The molecule has 0 radical (unpaired) electrons. The molecule has 6 rings (SSSR count). The zero-order chi connectivity index (χ0) is 21.1. The molecule has 2 bridgehead atoms. The maximum Gasteiger partial charge on any atom is 0.290 e. The molecule has 3 saturated heterocycles. The number of carbonyl (C=O) groups excluding carboxylic acids is 1. The fourth-order valence-corrected chi connectivity index (χ4v) is 5.10.